The average Bonchev–Trinajstić information content (AvgIpc) is 3.49. The summed E-state index contributed by atoms with van der Waals surface area (Å²) in [4.78, 5) is 3.07. The zero-order chi connectivity index (χ0) is 30.2. The van der Waals surface area contributed by atoms with Crippen LogP contribution in [0.15, 0.2) is 94.9 Å². The van der Waals surface area contributed by atoms with Crippen LogP contribution in [0.4, 0.5) is 5.69 Å². The van der Waals surface area contributed by atoms with Crippen molar-refractivity contribution < 1.29 is 30.5 Å². The number of thiazole rings is 1. The Balaban J connectivity index is 1.45. The van der Waals surface area contributed by atoms with Gasteiger partial charge in [0.2, 0.25) is 5.52 Å². The van der Waals surface area contributed by atoms with Gasteiger partial charge in [0.1, 0.15) is 4.70 Å². The summed E-state index contributed by atoms with van der Waals surface area (Å²) in [5.41, 5.74) is 4.01. The first kappa shape index (κ1) is 29.8. The van der Waals surface area contributed by atoms with Gasteiger partial charge in [0, 0.05) is 23.6 Å². The molecule has 2 heterocycles. The molecule has 0 unspecified atom stereocenters. The van der Waals surface area contributed by atoms with E-state index >= 15 is 0 Å². The van der Waals surface area contributed by atoms with E-state index in [4.69, 9.17) is 0 Å². The molecule has 0 atom stereocenters. The fraction of sp³-hybridized carbons (Fsp3) is 0.194. The molecule has 8 nitrogen and oxygen atoms in total. The summed E-state index contributed by atoms with van der Waals surface area (Å²) in [7, 11) is -8.48. The highest BCUT2D eigenvalue weighted by atomic mass is 32.2. The van der Waals surface area contributed by atoms with E-state index in [1.165, 1.54) is 0 Å². The zero-order valence-corrected chi connectivity index (χ0v) is 26.2. The molecule has 12 heteroatoms. The van der Waals surface area contributed by atoms with Crippen LogP contribution in [0, 0.1) is 0 Å². The van der Waals surface area contributed by atoms with Gasteiger partial charge in [-0.1, -0.05) is 83.8 Å². The van der Waals surface area contributed by atoms with Crippen molar-refractivity contribution in [2.45, 2.75) is 24.3 Å². The topological polar surface area (TPSA) is 119 Å². The molecule has 5 aromatic rings. The normalized spacial score (nSPS) is 14.7. The van der Waals surface area contributed by atoms with Crippen molar-refractivity contribution in [3.8, 4) is 11.1 Å². The van der Waals surface area contributed by atoms with Crippen LogP contribution < -0.4 is 9.47 Å². The lowest BCUT2D eigenvalue weighted by molar-refractivity contribution is -0.667. The third kappa shape index (κ3) is 6.79. The van der Waals surface area contributed by atoms with E-state index in [1.54, 1.807) is 23.1 Å². The Morgan fingerprint density at radius 3 is 2.40 bits per heavy atom. The highest BCUT2D eigenvalue weighted by molar-refractivity contribution is 8.04. The quantitative estimate of drug-likeness (QED) is 0.141. The van der Waals surface area contributed by atoms with Gasteiger partial charge < -0.3 is 9.45 Å². The number of aryl methyl sites for hydroxylation is 1. The maximum Gasteiger partial charge on any atom is 0.265 e. The van der Waals surface area contributed by atoms with Gasteiger partial charge in [0.15, 0.2) is 6.54 Å². The number of rotatable bonds is 10. The van der Waals surface area contributed by atoms with Gasteiger partial charge >= 0.3 is 0 Å². The first-order chi connectivity index (χ1) is 20.6. The molecule has 43 heavy (non-hydrogen) atoms. The molecule has 0 saturated carbocycles. The summed E-state index contributed by atoms with van der Waals surface area (Å²) < 4.78 is 69.9. The number of benzene rings is 4. The number of hydrogen-bond donors (Lipinski definition) is 1. The fourth-order valence-electron chi connectivity index (χ4n) is 5.36. The molecule has 0 fully saturated rings. The number of fused-ring (bicyclic) bond motifs is 4. The van der Waals surface area contributed by atoms with E-state index in [9.17, 15) is 25.9 Å². The number of anilines is 1. The molecule has 0 aliphatic carbocycles. The van der Waals surface area contributed by atoms with Gasteiger partial charge in [-0.3, -0.25) is 4.55 Å². The molecular weight excluding hydrogens is 625 g/mol. The van der Waals surface area contributed by atoms with Crippen LogP contribution in [0.25, 0.3) is 38.2 Å². The summed E-state index contributed by atoms with van der Waals surface area (Å²) in [6, 6.07) is 28.3. The van der Waals surface area contributed by atoms with Crippen LogP contribution in [0.3, 0.4) is 0 Å². The summed E-state index contributed by atoms with van der Waals surface area (Å²) in [6.45, 7) is 0.708. The van der Waals surface area contributed by atoms with E-state index in [1.807, 2.05) is 60.7 Å². The molecule has 6 rings (SSSR count). The summed E-state index contributed by atoms with van der Waals surface area (Å²) in [5, 5.41) is 3.87. The zero-order valence-electron chi connectivity index (χ0n) is 22.9. The van der Waals surface area contributed by atoms with Gasteiger partial charge in [-0.25, -0.2) is 8.42 Å². The molecular formula is C31H28N2O6S4. The number of aromatic nitrogens is 1. The minimum absolute atomic E-state index is 0.171. The molecule has 0 saturated heterocycles. The molecule has 222 valence electrons. The maximum absolute atomic E-state index is 11.5. The third-order valence-electron chi connectivity index (χ3n) is 7.26. The van der Waals surface area contributed by atoms with Gasteiger partial charge in [-0.2, -0.15) is 13.0 Å². The second-order valence-electron chi connectivity index (χ2n) is 10.3. The molecule has 1 aromatic heterocycles. The van der Waals surface area contributed by atoms with Gasteiger partial charge in [0.05, 0.1) is 38.0 Å². The third-order valence-corrected chi connectivity index (χ3v) is 11.1. The molecule has 0 spiro atoms. The van der Waals surface area contributed by atoms with Crippen LogP contribution in [0.1, 0.15) is 17.8 Å². The Kier molecular flexibility index (Phi) is 8.33. The van der Waals surface area contributed by atoms with Crippen molar-refractivity contribution in [1.29, 1.82) is 0 Å². The van der Waals surface area contributed by atoms with Crippen LogP contribution in [-0.2, 0) is 26.8 Å². The predicted molar refractivity (Wildman–Crippen MR) is 173 cm³/mol. The first-order valence-corrected chi connectivity index (χ1v) is 18.5. The van der Waals surface area contributed by atoms with Crippen molar-refractivity contribution in [2.75, 3.05) is 23.0 Å². The molecule has 0 bridgehead atoms. The maximum atomic E-state index is 11.5. The highest BCUT2D eigenvalue weighted by Crippen LogP contribution is 2.48. The van der Waals surface area contributed by atoms with E-state index in [0.717, 1.165) is 52.7 Å². The van der Waals surface area contributed by atoms with Crippen molar-refractivity contribution in [1.82, 2.24) is 0 Å². The Labute approximate surface area is 258 Å². The predicted octanol–water partition coefficient (Wildman–Crippen LogP) is 6.13. The SMILES string of the molecule is O=S(=O)([O-])CCCN1C(=Cc2sc3ccc4ccccc4c3[n+]2CCCS(=O)(=O)O)Sc2ccc(-c3ccccc3)cc21. The minimum atomic E-state index is -4.36. The van der Waals surface area contributed by atoms with Crippen LogP contribution in [-0.4, -0.2) is 44.0 Å². The van der Waals surface area contributed by atoms with Crippen LogP contribution in [0.2, 0.25) is 0 Å². The Hall–Kier alpha value is -3.26. The van der Waals surface area contributed by atoms with Crippen molar-refractivity contribution in [3.05, 3.63) is 95.0 Å². The monoisotopic (exact) mass is 652 g/mol. The first-order valence-electron chi connectivity index (χ1n) is 13.7. The molecule has 1 aliphatic rings. The van der Waals surface area contributed by atoms with Crippen molar-refractivity contribution >= 4 is 76.1 Å². The smallest absolute Gasteiger partial charge is 0.265 e. The van der Waals surface area contributed by atoms with Crippen molar-refractivity contribution in [3.63, 3.8) is 0 Å². The van der Waals surface area contributed by atoms with Gasteiger partial charge in [-0.05, 0) is 47.2 Å². The summed E-state index contributed by atoms with van der Waals surface area (Å²) in [5.74, 6) is -0.809. The summed E-state index contributed by atoms with van der Waals surface area (Å²) in [6.07, 6.45) is 2.45. The fourth-order valence-corrected chi connectivity index (χ4v) is 8.66. The van der Waals surface area contributed by atoms with Crippen LogP contribution >= 0.6 is 23.1 Å². The largest absolute Gasteiger partial charge is 0.748 e. The number of nitrogens with zero attached hydrogens (tertiary/aromatic N) is 2. The molecule has 1 N–H and O–H groups in total. The lowest BCUT2D eigenvalue weighted by Gasteiger charge is -2.21. The standard InChI is InChI=1S/C31H28N2O6S4/c34-42(35,36)18-6-16-32-26-20-24(22-8-2-1-3-9-22)13-14-27(26)40-29(32)21-30-33(17-7-19-43(37,38)39)31-25-11-5-4-10-23(25)12-15-28(31)41-30/h1-5,8-15,20-21H,6-7,16-19H2,(H-,34,35,36,37,38,39). The van der Waals surface area contributed by atoms with Crippen LogP contribution in [0.5, 0.6) is 0 Å². The lowest BCUT2D eigenvalue weighted by Crippen LogP contribution is -2.36. The molecule has 0 radical (unpaired) electrons. The summed E-state index contributed by atoms with van der Waals surface area (Å²) >= 11 is 3.15. The Bertz CT molecular complexity index is 2070. The Morgan fingerprint density at radius 2 is 1.63 bits per heavy atom. The van der Waals surface area contributed by atoms with Gasteiger partial charge in [0.25, 0.3) is 15.1 Å². The van der Waals surface area contributed by atoms with Gasteiger partial charge in [-0.15, -0.1) is 0 Å². The number of thioether (sulfide) groups is 1. The number of hydrogen-bond acceptors (Lipinski definition) is 8. The van der Waals surface area contributed by atoms with E-state index in [0.29, 0.717) is 13.1 Å². The van der Waals surface area contributed by atoms with Crippen molar-refractivity contribution in [2.24, 2.45) is 0 Å². The van der Waals surface area contributed by atoms with E-state index in [2.05, 4.69) is 39.8 Å². The average molecular weight is 653 g/mol. The highest BCUT2D eigenvalue weighted by Gasteiger charge is 2.29. The molecule has 0 amide bonds. The minimum Gasteiger partial charge on any atom is -0.748 e. The Morgan fingerprint density at radius 1 is 0.860 bits per heavy atom. The van der Waals surface area contributed by atoms with E-state index in [-0.39, 0.29) is 18.6 Å². The second-order valence-corrected chi connectivity index (χ2v) is 15.5. The lowest BCUT2D eigenvalue weighted by atomic mass is 10.0. The molecule has 1 aliphatic heterocycles. The second kappa shape index (κ2) is 12.0. The van der Waals surface area contributed by atoms with E-state index < -0.39 is 26.0 Å². The molecule has 4 aromatic carbocycles.